The zero-order valence-corrected chi connectivity index (χ0v) is 15.3. The highest BCUT2D eigenvalue weighted by Crippen LogP contribution is 2.17. The van der Waals surface area contributed by atoms with E-state index in [0.717, 1.165) is 11.3 Å². The molecule has 0 heterocycles. The number of ether oxygens (including phenoxy) is 1. The topological polar surface area (TPSA) is 67.4 Å². The molecule has 5 heteroatoms. The van der Waals surface area contributed by atoms with Crippen molar-refractivity contribution in [2.75, 3.05) is 11.9 Å². The van der Waals surface area contributed by atoms with Gasteiger partial charge in [0, 0.05) is 12.6 Å². The van der Waals surface area contributed by atoms with Crippen LogP contribution >= 0.6 is 0 Å². The van der Waals surface area contributed by atoms with Gasteiger partial charge in [-0.15, -0.1) is 0 Å². The van der Waals surface area contributed by atoms with Gasteiger partial charge >= 0.3 is 0 Å². The summed E-state index contributed by atoms with van der Waals surface area (Å²) in [5.41, 5.74) is 1.63. The van der Waals surface area contributed by atoms with Gasteiger partial charge in [0.05, 0.1) is 6.61 Å². The monoisotopic (exact) mass is 352 g/mol. The Morgan fingerprint density at radius 3 is 2.27 bits per heavy atom. The zero-order valence-electron chi connectivity index (χ0n) is 15.3. The highest BCUT2D eigenvalue weighted by Gasteiger charge is 2.12. The predicted molar refractivity (Wildman–Crippen MR) is 104 cm³/mol. The van der Waals surface area contributed by atoms with Crippen molar-refractivity contribution in [2.45, 2.75) is 20.8 Å². The molecule has 0 bridgehead atoms. The first kappa shape index (κ1) is 19.2. The van der Waals surface area contributed by atoms with Crippen molar-refractivity contribution in [3.8, 4) is 5.75 Å². The number of nitrogens with one attached hydrogen (secondary N) is 2. The summed E-state index contributed by atoms with van der Waals surface area (Å²) in [6.07, 6.45) is 1.64. The van der Waals surface area contributed by atoms with Crippen LogP contribution in [-0.2, 0) is 9.59 Å². The van der Waals surface area contributed by atoms with Crippen molar-refractivity contribution in [2.24, 2.45) is 5.92 Å². The highest BCUT2D eigenvalue weighted by atomic mass is 16.5. The van der Waals surface area contributed by atoms with Gasteiger partial charge in [-0.3, -0.25) is 9.59 Å². The second-order valence-electron chi connectivity index (χ2n) is 6.33. The number of anilines is 1. The smallest absolute Gasteiger partial charge is 0.272 e. The maximum atomic E-state index is 12.5. The van der Waals surface area contributed by atoms with E-state index in [-0.39, 0.29) is 17.5 Å². The predicted octanol–water partition coefficient (Wildman–Crippen LogP) is 3.84. The molecule has 0 spiro atoms. The molecule has 0 saturated carbocycles. The van der Waals surface area contributed by atoms with Gasteiger partial charge in [0.2, 0.25) is 5.91 Å². The molecule has 0 radical (unpaired) electrons. The number of carbonyl (C=O) groups is 2. The second-order valence-corrected chi connectivity index (χ2v) is 6.33. The lowest BCUT2D eigenvalue weighted by atomic mass is 10.2. The molecule has 0 aromatic heterocycles. The first-order valence-corrected chi connectivity index (χ1v) is 8.52. The lowest BCUT2D eigenvalue weighted by Gasteiger charge is -2.11. The fourth-order valence-corrected chi connectivity index (χ4v) is 2.16. The summed E-state index contributed by atoms with van der Waals surface area (Å²) in [5.74, 6) is 0.496. The average Bonchev–Trinajstić information content (AvgIpc) is 2.61. The molecule has 0 atom stereocenters. The standard InChI is InChI=1S/C21H24N2O3/c1-15(2)14-26-19-11-9-18(10-12-19)23-21(25)20(22-16(3)24)13-17-7-5-4-6-8-17/h4-13,15H,14H2,1-3H3,(H,22,24)(H,23,25). The quantitative estimate of drug-likeness (QED) is 0.744. The van der Waals surface area contributed by atoms with Gasteiger partial charge in [-0.1, -0.05) is 44.2 Å². The molecule has 136 valence electrons. The zero-order chi connectivity index (χ0) is 18.9. The summed E-state index contributed by atoms with van der Waals surface area (Å²) in [4.78, 5) is 24.0. The summed E-state index contributed by atoms with van der Waals surface area (Å²) >= 11 is 0. The molecular formula is C21H24N2O3. The van der Waals surface area contributed by atoms with Gasteiger partial charge in [0.25, 0.3) is 5.91 Å². The van der Waals surface area contributed by atoms with E-state index < -0.39 is 0 Å². The van der Waals surface area contributed by atoms with Crippen LogP contribution in [0.2, 0.25) is 0 Å². The van der Waals surface area contributed by atoms with Crippen molar-refractivity contribution in [1.82, 2.24) is 5.32 Å². The first-order chi connectivity index (χ1) is 12.4. The van der Waals surface area contributed by atoms with Gasteiger partial charge in [0.1, 0.15) is 11.4 Å². The van der Waals surface area contributed by atoms with Crippen LogP contribution in [-0.4, -0.2) is 18.4 Å². The van der Waals surface area contributed by atoms with E-state index in [1.165, 1.54) is 6.92 Å². The molecule has 0 aliphatic rings. The number of carbonyl (C=O) groups excluding carboxylic acids is 2. The van der Waals surface area contributed by atoms with E-state index >= 15 is 0 Å². The van der Waals surface area contributed by atoms with Crippen molar-refractivity contribution in [1.29, 1.82) is 0 Å². The second kappa shape index (κ2) is 9.42. The number of amides is 2. The third-order valence-corrected chi connectivity index (χ3v) is 3.36. The van der Waals surface area contributed by atoms with Crippen LogP contribution in [0.15, 0.2) is 60.3 Å². The number of hydrogen-bond acceptors (Lipinski definition) is 3. The van der Waals surface area contributed by atoms with Crippen molar-refractivity contribution in [3.05, 3.63) is 65.9 Å². The van der Waals surface area contributed by atoms with E-state index in [2.05, 4.69) is 24.5 Å². The molecule has 0 fully saturated rings. The Kier molecular flexibility index (Phi) is 6.97. The molecule has 2 N–H and O–H groups in total. The third kappa shape index (κ3) is 6.43. The molecule has 0 aliphatic carbocycles. The molecule has 0 aliphatic heterocycles. The van der Waals surface area contributed by atoms with Crippen molar-refractivity contribution < 1.29 is 14.3 Å². The third-order valence-electron chi connectivity index (χ3n) is 3.36. The van der Waals surface area contributed by atoms with Crippen LogP contribution in [0, 0.1) is 5.92 Å². The maximum Gasteiger partial charge on any atom is 0.272 e. The molecule has 2 rings (SSSR count). The van der Waals surface area contributed by atoms with Gasteiger partial charge in [-0.05, 0) is 41.8 Å². The lowest BCUT2D eigenvalue weighted by molar-refractivity contribution is -0.120. The van der Waals surface area contributed by atoms with Gasteiger partial charge in [-0.2, -0.15) is 0 Å². The Morgan fingerprint density at radius 2 is 1.69 bits per heavy atom. The lowest BCUT2D eigenvalue weighted by Crippen LogP contribution is -2.28. The van der Waals surface area contributed by atoms with Crippen LogP contribution in [0.25, 0.3) is 6.08 Å². The SMILES string of the molecule is CC(=O)NC(=Cc1ccccc1)C(=O)Nc1ccc(OCC(C)C)cc1. The van der Waals surface area contributed by atoms with Crippen LogP contribution in [0.4, 0.5) is 5.69 Å². The fourth-order valence-electron chi connectivity index (χ4n) is 2.16. The molecule has 5 nitrogen and oxygen atoms in total. The summed E-state index contributed by atoms with van der Waals surface area (Å²) in [6, 6.07) is 16.5. The largest absolute Gasteiger partial charge is 0.493 e. The molecule has 2 amide bonds. The Balaban J connectivity index is 2.09. The van der Waals surface area contributed by atoms with Gasteiger partial charge in [0.15, 0.2) is 0 Å². The summed E-state index contributed by atoms with van der Waals surface area (Å²) < 4.78 is 5.63. The van der Waals surface area contributed by atoms with Crippen LogP contribution in [0.3, 0.4) is 0 Å². The summed E-state index contributed by atoms with van der Waals surface area (Å²) in [6.45, 7) is 6.17. The average molecular weight is 352 g/mol. The molecule has 26 heavy (non-hydrogen) atoms. The van der Waals surface area contributed by atoms with E-state index in [4.69, 9.17) is 4.74 Å². The Bertz CT molecular complexity index is 766. The first-order valence-electron chi connectivity index (χ1n) is 8.52. The highest BCUT2D eigenvalue weighted by molar-refractivity contribution is 6.08. The van der Waals surface area contributed by atoms with Gasteiger partial charge in [-0.25, -0.2) is 0 Å². The van der Waals surface area contributed by atoms with Gasteiger partial charge < -0.3 is 15.4 Å². The van der Waals surface area contributed by atoms with E-state index in [1.54, 1.807) is 30.3 Å². The fraction of sp³-hybridized carbons (Fsp3) is 0.238. The maximum absolute atomic E-state index is 12.5. The minimum absolute atomic E-state index is 0.184. The number of benzene rings is 2. The number of rotatable bonds is 7. The summed E-state index contributed by atoms with van der Waals surface area (Å²) in [7, 11) is 0. The van der Waals surface area contributed by atoms with Crippen molar-refractivity contribution >= 4 is 23.6 Å². The molecular weight excluding hydrogens is 328 g/mol. The Hall–Kier alpha value is -3.08. The number of hydrogen-bond donors (Lipinski definition) is 2. The van der Waals surface area contributed by atoms with E-state index in [9.17, 15) is 9.59 Å². The molecule has 0 saturated heterocycles. The van der Waals surface area contributed by atoms with Crippen LogP contribution < -0.4 is 15.4 Å². The van der Waals surface area contributed by atoms with Crippen LogP contribution in [0.5, 0.6) is 5.75 Å². The Labute approximate surface area is 154 Å². The van der Waals surface area contributed by atoms with Crippen LogP contribution in [0.1, 0.15) is 26.3 Å². The van der Waals surface area contributed by atoms with E-state index in [0.29, 0.717) is 18.2 Å². The van der Waals surface area contributed by atoms with Crippen molar-refractivity contribution in [3.63, 3.8) is 0 Å². The summed E-state index contributed by atoms with van der Waals surface area (Å²) in [5, 5.41) is 5.36. The molecule has 2 aromatic rings. The molecule has 2 aromatic carbocycles. The normalized spacial score (nSPS) is 11.2. The minimum atomic E-state index is -0.389. The molecule has 0 unspecified atom stereocenters. The minimum Gasteiger partial charge on any atom is -0.493 e. The van der Waals surface area contributed by atoms with E-state index in [1.807, 2.05) is 30.3 Å². The Morgan fingerprint density at radius 1 is 1.04 bits per heavy atom.